The van der Waals surface area contributed by atoms with Gasteiger partial charge in [-0.15, -0.1) is 0 Å². The Morgan fingerprint density at radius 2 is 1.83 bits per heavy atom. The number of halogens is 5. The van der Waals surface area contributed by atoms with E-state index in [1.165, 1.54) is 11.2 Å². The Bertz CT molecular complexity index is 790. The maximum Gasteiger partial charge on any atom is 0.247 e. The zero-order chi connectivity index (χ0) is 21.9. The van der Waals surface area contributed by atoms with Crippen LogP contribution in [-0.4, -0.2) is 30.1 Å². The number of hydrogen-bond acceptors (Lipinski definition) is 4. The molecule has 29 heavy (non-hydrogen) atoms. The Balaban J connectivity index is 2.21. The largest absolute Gasteiger partial charge is 0.487 e. The summed E-state index contributed by atoms with van der Waals surface area (Å²) in [4.78, 5) is 12.6. The molecule has 1 aromatic carbocycles. The van der Waals surface area contributed by atoms with Crippen LogP contribution in [0.25, 0.3) is 0 Å². The first-order chi connectivity index (χ1) is 13.5. The molecule has 0 saturated carbocycles. The molecule has 0 aromatic heterocycles. The summed E-state index contributed by atoms with van der Waals surface area (Å²) in [5, 5.41) is 3.93. The SMILES string of the molecule is CCC1(C(=O)NCc2c(F)c(F)c(OCCC(C)C)c(F)c2F)NN(C)C=C1Cl. The van der Waals surface area contributed by atoms with Gasteiger partial charge in [0.05, 0.1) is 11.6 Å². The lowest BCUT2D eigenvalue weighted by atomic mass is 9.96. The second-order valence-corrected chi connectivity index (χ2v) is 7.64. The smallest absolute Gasteiger partial charge is 0.247 e. The van der Waals surface area contributed by atoms with Crippen LogP contribution in [0.1, 0.15) is 39.2 Å². The third-order valence-electron chi connectivity index (χ3n) is 4.68. The summed E-state index contributed by atoms with van der Waals surface area (Å²) in [6, 6.07) is 0. The average Bonchev–Trinajstić information content (AvgIpc) is 2.96. The summed E-state index contributed by atoms with van der Waals surface area (Å²) in [7, 11) is 1.62. The van der Waals surface area contributed by atoms with Crippen molar-refractivity contribution < 1.29 is 27.1 Å². The number of ether oxygens (including phenoxy) is 1. The minimum Gasteiger partial charge on any atom is -0.487 e. The van der Waals surface area contributed by atoms with Gasteiger partial charge < -0.3 is 15.1 Å². The molecule has 0 fully saturated rings. The quantitative estimate of drug-likeness (QED) is 0.477. The molecule has 0 spiro atoms. The van der Waals surface area contributed by atoms with Gasteiger partial charge in [-0.3, -0.25) is 4.79 Å². The van der Waals surface area contributed by atoms with E-state index in [1.807, 2.05) is 13.8 Å². The van der Waals surface area contributed by atoms with Gasteiger partial charge in [0, 0.05) is 25.4 Å². The van der Waals surface area contributed by atoms with Gasteiger partial charge in [0.1, 0.15) is 0 Å². The number of nitrogens with one attached hydrogen (secondary N) is 2. The van der Waals surface area contributed by atoms with Gasteiger partial charge in [-0.25, -0.2) is 14.2 Å². The van der Waals surface area contributed by atoms with Gasteiger partial charge >= 0.3 is 0 Å². The van der Waals surface area contributed by atoms with E-state index in [1.54, 1.807) is 14.0 Å². The normalized spacial score (nSPS) is 19.0. The molecule has 1 unspecified atom stereocenters. The molecule has 2 N–H and O–H groups in total. The van der Waals surface area contributed by atoms with Gasteiger partial charge in [0.25, 0.3) is 0 Å². The fraction of sp³-hybridized carbons (Fsp3) is 0.526. The number of nitrogens with zero attached hydrogens (tertiary/aromatic N) is 1. The molecule has 1 aromatic rings. The van der Waals surface area contributed by atoms with E-state index in [-0.39, 0.29) is 24.0 Å². The van der Waals surface area contributed by atoms with Crippen LogP contribution in [0.15, 0.2) is 11.2 Å². The predicted octanol–water partition coefficient (Wildman–Crippen LogP) is 3.96. The minimum absolute atomic E-state index is 0.0937. The molecule has 0 radical (unpaired) electrons. The minimum atomic E-state index is -1.64. The highest BCUT2D eigenvalue weighted by Gasteiger charge is 2.44. The van der Waals surface area contributed by atoms with Crippen LogP contribution in [0.3, 0.4) is 0 Å². The molecule has 1 aliphatic rings. The Hall–Kier alpha value is -2.00. The molecular weight excluding hydrogens is 414 g/mol. The van der Waals surface area contributed by atoms with Crippen molar-refractivity contribution in [2.45, 2.75) is 45.7 Å². The number of hydrogen-bond donors (Lipinski definition) is 2. The number of carbonyl (C=O) groups is 1. The predicted molar refractivity (Wildman–Crippen MR) is 101 cm³/mol. The summed E-state index contributed by atoms with van der Waals surface area (Å²) in [5.41, 5.74) is 0.562. The van der Waals surface area contributed by atoms with Gasteiger partial charge in [-0.1, -0.05) is 32.4 Å². The first-order valence-electron chi connectivity index (χ1n) is 9.19. The molecule has 162 valence electrons. The zero-order valence-electron chi connectivity index (χ0n) is 16.6. The first-order valence-corrected chi connectivity index (χ1v) is 9.57. The van der Waals surface area contributed by atoms with Crippen LogP contribution >= 0.6 is 11.6 Å². The van der Waals surface area contributed by atoms with E-state index in [4.69, 9.17) is 16.3 Å². The summed E-state index contributed by atoms with van der Waals surface area (Å²) in [6.07, 6.45) is 2.16. The van der Waals surface area contributed by atoms with Crippen LogP contribution < -0.4 is 15.5 Å². The van der Waals surface area contributed by atoms with Crippen LogP contribution in [0, 0.1) is 29.2 Å². The fourth-order valence-corrected chi connectivity index (χ4v) is 3.30. The standard InChI is InChI=1S/C19H24ClF4N3O2/c1-5-19(12(20)9-27(4)26-19)18(28)25-8-11-13(21)15(23)17(16(24)14(11)22)29-7-6-10(2)3/h9-10,26H,5-8H2,1-4H3,(H,25,28). The molecule has 1 amide bonds. The molecule has 5 nitrogen and oxygen atoms in total. The highest BCUT2D eigenvalue weighted by atomic mass is 35.5. The van der Waals surface area contributed by atoms with Crippen molar-refractivity contribution in [3.8, 4) is 5.75 Å². The third-order valence-corrected chi connectivity index (χ3v) is 5.10. The Labute approximate surface area is 172 Å². The fourth-order valence-electron chi connectivity index (χ4n) is 2.89. The van der Waals surface area contributed by atoms with Crippen LogP contribution in [0.2, 0.25) is 0 Å². The van der Waals surface area contributed by atoms with Gasteiger partial charge in [0.2, 0.25) is 17.5 Å². The number of amides is 1. The van der Waals surface area contributed by atoms with Crippen molar-refractivity contribution >= 4 is 17.5 Å². The van der Waals surface area contributed by atoms with Crippen molar-refractivity contribution in [2.75, 3.05) is 13.7 Å². The summed E-state index contributed by atoms with van der Waals surface area (Å²) >= 11 is 6.12. The van der Waals surface area contributed by atoms with Crippen molar-refractivity contribution in [1.29, 1.82) is 0 Å². The van der Waals surface area contributed by atoms with E-state index in [0.717, 1.165) is 0 Å². The summed E-state index contributed by atoms with van der Waals surface area (Å²) < 4.78 is 62.1. The summed E-state index contributed by atoms with van der Waals surface area (Å²) in [6.45, 7) is 4.55. The summed E-state index contributed by atoms with van der Waals surface area (Å²) in [5.74, 6) is -8.13. The first kappa shape index (κ1) is 23.3. The zero-order valence-corrected chi connectivity index (χ0v) is 17.4. The molecule has 1 atom stereocenters. The molecule has 0 saturated heterocycles. The van der Waals surface area contributed by atoms with Crippen molar-refractivity contribution in [3.63, 3.8) is 0 Å². The lowest BCUT2D eigenvalue weighted by Gasteiger charge is -2.29. The highest BCUT2D eigenvalue weighted by molar-refractivity contribution is 6.33. The number of hydrazine groups is 1. The maximum absolute atomic E-state index is 14.4. The average molecular weight is 438 g/mol. The van der Waals surface area contributed by atoms with Crippen LogP contribution in [0.4, 0.5) is 17.6 Å². The molecule has 1 heterocycles. The number of rotatable bonds is 8. The third kappa shape index (κ3) is 4.61. The van der Waals surface area contributed by atoms with E-state index in [0.29, 0.717) is 6.42 Å². The van der Waals surface area contributed by atoms with Crippen molar-refractivity contribution in [1.82, 2.24) is 15.8 Å². The monoisotopic (exact) mass is 437 g/mol. The second kappa shape index (κ2) is 9.21. The van der Waals surface area contributed by atoms with Crippen LogP contribution in [0.5, 0.6) is 5.75 Å². The van der Waals surface area contributed by atoms with Crippen molar-refractivity contribution in [3.05, 3.63) is 40.1 Å². The van der Waals surface area contributed by atoms with E-state index in [2.05, 4.69) is 10.7 Å². The van der Waals surface area contributed by atoms with E-state index < -0.39 is 52.6 Å². The Morgan fingerprint density at radius 3 is 2.28 bits per heavy atom. The molecule has 0 bridgehead atoms. The second-order valence-electron chi connectivity index (χ2n) is 7.24. The molecule has 10 heteroatoms. The van der Waals surface area contributed by atoms with E-state index >= 15 is 0 Å². The Morgan fingerprint density at radius 1 is 1.24 bits per heavy atom. The number of benzene rings is 1. The van der Waals surface area contributed by atoms with Gasteiger partial charge in [-0.05, 0) is 18.8 Å². The lowest BCUT2D eigenvalue weighted by Crippen LogP contribution is -2.56. The molecule has 0 aliphatic carbocycles. The Kier molecular flexibility index (Phi) is 7.40. The molecular formula is C19H24ClF4N3O2. The van der Waals surface area contributed by atoms with Crippen LogP contribution in [-0.2, 0) is 11.3 Å². The van der Waals surface area contributed by atoms with Gasteiger partial charge in [0.15, 0.2) is 22.9 Å². The highest BCUT2D eigenvalue weighted by Crippen LogP contribution is 2.32. The maximum atomic E-state index is 14.4. The molecule has 1 aliphatic heterocycles. The molecule has 2 rings (SSSR count). The lowest BCUT2D eigenvalue weighted by molar-refractivity contribution is -0.127. The number of carbonyl (C=O) groups excluding carboxylic acids is 1. The van der Waals surface area contributed by atoms with Crippen molar-refractivity contribution in [2.24, 2.45) is 5.92 Å². The van der Waals surface area contributed by atoms with E-state index in [9.17, 15) is 22.4 Å². The topological polar surface area (TPSA) is 53.6 Å². The van der Waals surface area contributed by atoms with Gasteiger partial charge in [-0.2, -0.15) is 8.78 Å².